The highest BCUT2D eigenvalue weighted by molar-refractivity contribution is 4.98. The van der Waals surface area contributed by atoms with E-state index in [0.29, 0.717) is 12.0 Å². The van der Waals surface area contributed by atoms with Gasteiger partial charge in [-0.3, -0.25) is 4.90 Å². The molecular weight excluding hydrogens is 244 g/mol. The first-order valence-corrected chi connectivity index (χ1v) is 8.79. The fraction of sp³-hybridized carbons (Fsp3) is 0.944. The number of rotatable bonds is 4. The van der Waals surface area contributed by atoms with Gasteiger partial charge in [0.1, 0.15) is 0 Å². The lowest BCUT2D eigenvalue weighted by Crippen LogP contribution is -2.48. The third kappa shape index (κ3) is 3.76. The minimum absolute atomic E-state index is 0.290. The SMILES string of the molecule is CCCC1CCC(C#N)C(N2CCC(C(C)C)CC2)C1. The Bertz CT molecular complexity index is 323. The van der Waals surface area contributed by atoms with Crippen LogP contribution in [0.1, 0.15) is 65.7 Å². The van der Waals surface area contributed by atoms with Crippen molar-refractivity contribution in [3.05, 3.63) is 0 Å². The largest absolute Gasteiger partial charge is 0.299 e. The summed E-state index contributed by atoms with van der Waals surface area (Å²) in [4.78, 5) is 2.66. The first-order valence-electron chi connectivity index (χ1n) is 8.79. The molecular formula is C18H32N2. The van der Waals surface area contributed by atoms with Crippen molar-refractivity contribution in [2.24, 2.45) is 23.7 Å². The van der Waals surface area contributed by atoms with Crippen LogP contribution in [0.15, 0.2) is 0 Å². The fourth-order valence-electron chi connectivity index (χ4n) is 4.37. The zero-order valence-corrected chi connectivity index (χ0v) is 13.6. The van der Waals surface area contributed by atoms with Crippen molar-refractivity contribution in [1.82, 2.24) is 4.90 Å². The first kappa shape index (κ1) is 15.8. The Labute approximate surface area is 125 Å². The van der Waals surface area contributed by atoms with Crippen molar-refractivity contribution < 1.29 is 0 Å². The molecule has 2 fully saturated rings. The highest BCUT2D eigenvalue weighted by Crippen LogP contribution is 2.36. The Morgan fingerprint density at radius 1 is 1.15 bits per heavy atom. The maximum absolute atomic E-state index is 9.47. The van der Waals surface area contributed by atoms with E-state index in [4.69, 9.17) is 0 Å². The van der Waals surface area contributed by atoms with Crippen LogP contribution in [0.25, 0.3) is 0 Å². The van der Waals surface area contributed by atoms with Crippen molar-refractivity contribution in [3.63, 3.8) is 0 Å². The molecule has 0 amide bonds. The van der Waals surface area contributed by atoms with Crippen LogP contribution in [0.2, 0.25) is 0 Å². The molecule has 0 N–H and O–H groups in total. The predicted octanol–water partition coefficient (Wildman–Crippen LogP) is 4.46. The predicted molar refractivity (Wildman–Crippen MR) is 84.3 cm³/mol. The maximum Gasteiger partial charge on any atom is 0.0672 e. The Hall–Kier alpha value is -0.550. The summed E-state index contributed by atoms with van der Waals surface area (Å²) in [6, 6.07) is 3.16. The van der Waals surface area contributed by atoms with Gasteiger partial charge in [0.15, 0.2) is 0 Å². The molecule has 114 valence electrons. The lowest BCUT2D eigenvalue weighted by molar-refractivity contribution is 0.0573. The molecule has 0 bridgehead atoms. The molecule has 2 aliphatic rings. The van der Waals surface area contributed by atoms with Gasteiger partial charge in [0.25, 0.3) is 0 Å². The molecule has 1 aliphatic carbocycles. The van der Waals surface area contributed by atoms with Crippen LogP contribution < -0.4 is 0 Å². The van der Waals surface area contributed by atoms with E-state index in [0.717, 1.165) is 24.2 Å². The van der Waals surface area contributed by atoms with Gasteiger partial charge in [-0.15, -0.1) is 0 Å². The minimum Gasteiger partial charge on any atom is -0.299 e. The van der Waals surface area contributed by atoms with Gasteiger partial charge in [0.05, 0.1) is 12.0 Å². The first-order chi connectivity index (χ1) is 9.65. The summed E-state index contributed by atoms with van der Waals surface area (Å²) in [5.74, 6) is 2.89. The molecule has 2 heteroatoms. The van der Waals surface area contributed by atoms with Crippen LogP contribution in [0.5, 0.6) is 0 Å². The number of hydrogen-bond donors (Lipinski definition) is 0. The van der Waals surface area contributed by atoms with E-state index >= 15 is 0 Å². The third-order valence-electron chi connectivity index (χ3n) is 5.77. The summed E-state index contributed by atoms with van der Waals surface area (Å²) in [6.07, 6.45) is 9.02. The second-order valence-electron chi connectivity index (χ2n) is 7.39. The molecule has 3 atom stereocenters. The number of likely N-dealkylation sites (tertiary alicyclic amines) is 1. The summed E-state index contributed by atoms with van der Waals surface area (Å²) in [7, 11) is 0. The van der Waals surface area contributed by atoms with Crippen molar-refractivity contribution >= 4 is 0 Å². The average molecular weight is 276 g/mol. The normalized spacial score (nSPS) is 33.2. The van der Waals surface area contributed by atoms with Crippen LogP contribution in [-0.4, -0.2) is 24.0 Å². The number of hydrogen-bond acceptors (Lipinski definition) is 2. The van der Waals surface area contributed by atoms with Crippen LogP contribution in [0.4, 0.5) is 0 Å². The molecule has 2 nitrogen and oxygen atoms in total. The smallest absolute Gasteiger partial charge is 0.0672 e. The van der Waals surface area contributed by atoms with Crippen molar-refractivity contribution in [3.8, 4) is 6.07 Å². The molecule has 1 aliphatic heterocycles. The Balaban J connectivity index is 1.93. The molecule has 3 unspecified atom stereocenters. The quantitative estimate of drug-likeness (QED) is 0.758. The van der Waals surface area contributed by atoms with Crippen LogP contribution in [0.3, 0.4) is 0 Å². The van der Waals surface area contributed by atoms with E-state index in [-0.39, 0.29) is 0 Å². The van der Waals surface area contributed by atoms with Crippen LogP contribution in [0, 0.1) is 35.0 Å². The number of nitrogens with zero attached hydrogens (tertiary/aromatic N) is 2. The Morgan fingerprint density at radius 3 is 2.40 bits per heavy atom. The average Bonchev–Trinajstić information content (AvgIpc) is 2.47. The third-order valence-corrected chi connectivity index (χ3v) is 5.77. The van der Waals surface area contributed by atoms with E-state index in [1.54, 1.807) is 0 Å². The number of piperidine rings is 1. The standard InChI is InChI=1S/C18H32N2/c1-4-5-15-6-7-17(13-19)18(12-15)20-10-8-16(9-11-20)14(2)3/h14-18H,4-12H2,1-3H3. The number of nitriles is 1. The molecule has 1 heterocycles. The molecule has 0 aromatic heterocycles. The molecule has 0 spiro atoms. The molecule has 0 radical (unpaired) electrons. The molecule has 20 heavy (non-hydrogen) atoms. The van der Waals surface area contributed by atoms with E-state index in [1.165, 1.54) is 51.6 Å². The highest BCUT2D eigenvalue weighted by Gasteiger charge is 2.36. The fourth-order valence-corrected chi connectivity index (χ4v) is 4.37. The van der Waals surface area contributed by atoms with Crippen molar-refractivity contribution in [1.29, 1.82) is 5.26 Å². The van der Waals surface area contributed by atoms with Crippen molar-refractivity contribution in [2.45, 2.75) is 71.8 Å². The zero-order chi connectivity index (χ0) is 14.5. The summed E-state index contributed by atoms with van der Waals surface area (Å²) in [5.41, 5.74) is 0. The van der Waals surface area contributed by atoms with Crippen LogP contribution in [-0.2, 0) is 0 Å². The minimum atomic E-state index is 0.290. The lowest BCUT2D eigenvalue weighted by Gasteiger charge is -2.44. The molecule has 1 saturated carbocycles. The van der Waals surface area contributed by atoms with Gasteiger partial charge in [0, 0.05) is 6.04 Å². The van der Waals surface area contributed by atoms with E-state index in [9.17, 15) is 5.26 Å². The van der Waals surface area contributed by atoms with E-state index in [1.807, 2.05) is 0 Å². The topological polar surface area (TPSA) is 27.0 Å². The maximum atomic E-state index is 9.47. The summed E-state index contributed by atoms with van der Waals surface area (Å²) < 4.78 is 0. The van der Waals surface area contributed by atoms with Crippen molar-refractivity contribution in [2.75, 3.05) is 13.1 Å². The van der Waals surface area contributed by atoms with Gasteiger partial charge in [-0.1, -0.05) is 33.6 Å². The van der Waals surface area contributed by atoms with Gasteiger partial charge in [0.2, 0.25) is 0 Å². The molecule has 0 aromatic rings. The van der Waals surface area contributed by atoms with Gasteiger partial charge in [-0.2, -0.15) is 5.26 Å². The molecule has 1 saturated heterocycles. The Kier molecular flexibility index (Phi) is 5.90. The van der Waals surface area contributed by atoms with Gasteiger partial charge >= 0.3 is 0 Å². The summed E-state index contributed by atoms with van der Waals surface area (Å²) in [5, 5.41) is 9.47. The van der Waals surface area contributed by atoms with E-state index < -0.39 is 0 Å². The lowest BCUT2D eigenvalue weighted by atomic mass is 9.75. The van der Waals surface area contributed by atoms with Gasteiger partial charge in [-0.25, -0.2) is 0 Å². The Morgan fingerprint density at radius 2 is 1.85 bits per heavy atom. The monoisotopic (exact) mass is 276 g/mol. The van der Waals surface area contributed by atoms with Gasteiger partial charge in [-0.05, 0) is 62.9 Å². The molecule has 0 aromatic carbocycles. The summed E-state index contributed by atoms with van der Waals surface area (Å²) >= 11 is 0. The summed E-state index contributed by atoms with van der Waals surface area (Å²) in [6.45, 7) is 9.46. The second-order valence-corrected chi connectivity index (χ2v) is 7.39. The molecule has 2 rings (SSSR count). The van der Waals surface area contributed by atoms with Crippen LogP contribution >= 0.6 is 0 Å². The van der Waals surface area contributed by atoms with Gasteiger partial charge < -0.3 is 0 Å². The van der Waals surface area contributed by atoms with E-state index in [2.05, 4.69) is 31.7 Å². The highest BCUT2D eigenvalue weighted by atomic mass is 15.2. The zero-order valence-electron chi connectivity index (χ0n) is 13.6. The second kappa shape index (κ2) is 7.46.